The van der Waals surface area contributed by atoms with E-state index in [1.165, 1.54) is 17.7 Å². The van der Waals surface area contributed by atoms with Crippen LogP contribution in [0, 0.1) is 12.7 Å². The van der Waals surface area contributed by atoms with Crippen LogP contribution in [0.4, 0.5) is 4.39 Å². The first-order valence-electron chi connectivity index (χ1n) is 4.84. The van der Waals surface area contributed by atoms with Crippen LogP contribution in [0.2, 0.25) is 0 Å². The summed E-state index contributed by atoms with van der Waals surface area (Å²) in [6, 6.07) is 6.44. The Hall–Kier alpha value is -0.710. The average Bonchev–Trinajstić information content (AvgIpc) is 2.63. The van der Waals surface area contributed by atoms with Crippen LogP contribution < -0.4 is 5.73 Å². The fraction of sp³-hybridized carbons (Fsp3) is 0.167. The van der Waals surface area contributed by atoms with E-state index in [0.717, 1.165) is 10.4 Å². The summed E-state index contributed by atoms with van der Waals surface area (Å²) in [5.74, 6) is -0.259. The highest BCUT2D eigenvalue weighted by Gasteiger charge is 2.15. The molecule has 1 unspecified atom stereocenters. The predicted molar refractivity (Wildman–Crippen MR) is 69.2 cm³/mol. The lowest BCUT2D eigenvalue weighted by molar-refractivity contribution is 0.625. The van der Waals surface area contributed by atoms with Gasteiger partial charge in [-0.05, 0) is 41.6 Å². The van der Waals surface area contributed by atoms with Crippen molar-refractivity contribution in [3.05, 3.63) is 55.9 Å². The van der Waals surface area contributed by atoms with Gasteiger partial charge in [0.2, 0.25) is 0 Å². The van der Waals surface area contributed by atoms with E-state index in [1.807, 2.05) is 18.4 Å². The molecule has 2 rings (SSSR count). The fourth-order valence-electron chi connectivity index (χ4n) is 1.60. The van der Waals surface area contributed by atoms with Gasteiger partial charge in [-0.2, -0.15) is 0 Å². The number of aryl methyl sites for hydroxylation is 1. The average molecular weight is 300 g/mol. The Balaban J connectivity index is 2.41. The van der Waals surface area contributed by atoms with Gasteiger partial charge in [0.25, 0.3) is 0 Å². The molecule has 1 atom stereocenters. The molecule has 0 fully saturated rings. The fourth-order valence-corrected chi connectivity index (χ4v) is 3.14. The second-order valence-electron chi connectivity index (χ2n) is 3.61. The molecule has 2 aromatic rings. The third-order valence-electron chi connectivity index (χ3n) is 2.48. The van der Waals surface area contributed by atoms with Gasteiger partial charge < -0.3 is 5.73 Å². The summed E-state index contributed by atoms with van der Waals surface area (Å²) in [5, 5.41) is 2.02. The van der Waals surface area contributed by atoms with Crippen LogP contribution >= 0.6 is 27.3 Å². The molecule has 0 saturated heterocycles. The van der Waals surface area contributed by atoms with Crippen molar-refractivity contribution in [3.63, 3.8) is 0 Å². The molecule has 0 aliphatic rings. The van der Waals surface area contributed by atoms with E-state index in [9.17, 15) is 4.39 Å². The molecule has 0 amide bonds. The Morgan fingerprint density at radius 2 is 2.12 bits per heavy atom. The number of hydrogen-bond acceptors (Lipinski definition) is 2. The van der Waals surface area contributed by atoms with E-state index < -0.39 is 0 Å². The Morgan fingerprint density at radius 1 is 1.38 bits per heavy atom. The molecule has 1 aromatic carbocycles. The van der Waals surface area contributed by atoms with E-state index in [-0.39, 0.29) is 11.9 Å². The summed E-state index contributed by atoms with van der Waals surface area (Å²) in [4.78, 5) is 1.12. The molecule has 0 spiro atoms. The molecule has 2 N–H and O–H groups in total. The lowest BCUT2D eigenvalue weighted by atomic mass is 10.0. The van der Waals surface area contributed by atoms with Crippen molar-refractivity contribution in [2.45, 2.75) is 13.0 Å². The normalized spacial score (nSPS) is 12.8. The van der Waals surface area contributed by atoms with Crippen LogP contribution in [0.15, 0.2) is 34.1 Å². The zero-order valence-corrected chi connectivity index (χ0v) is 11.1. The topological polar surface area (TPSA) is 26.0 Å². The molecule has 4 heteroatoms. The van der Waals surface area contributed by atoms with Crippen molar-refractivity contribution in [3.8, 4) is 0 Å². The van der Waals surface area contributed by atoms with Crippen LogP contribution in [0.25, 0.3) is 0 Å². The lowest BCUT2D eigenvalue weighted by Gasteiger charge is -2.13. The number of halogens is 2. The quantitative estimate of drug-likeness (QED) is 0.891. The summed E-state index contributed by atoms with van der Waals surface area (Å²) in [5.41, 5.74) is 8.25. The van der Waals surface area contributed by atoms with Gasteiger partial charge >= 0.3 is 0 Å². The summed E-state index contributed by atoms with van der Waals surface area (Å²) in [7, 11) is 0. The minimum absolute atomic E-state index is 0.199. The number of nitrogens with two attached hydrogens (primary N) is 1. The van der Waals surface area contributed by atoms with Gasteiger partial charge in [0.1, 0.15) is 5.82 Å². The van der Waals surface area contributed by atoms with Crippen LogP contribution in [0.3, 0.4) is 0 Å². The van der Waals surface area contributed by atoms with E-state index in [1.54, 1.807) is 17.4 Å². The summed E-state index contributed by atoms with van der Waals surface area (Å²) < 4.78 is 13.7. The molecule has 0 aliphatic carbocycles. The number of benzene rings is 1. The van der Waals surface area contributed by atoms with Gasteiger partial charge in [0.05, 0.1) is 6.04 Å². The van der Waals surface area contributed by atoms with Crippen molar-refractivity contribution in [1.29, 1.82) is 0 Å². The van der Waals surface area contributed by atoms with E-state index in [2.05, 4.69) is 15.9 Å². The number of hydrogen-bond donors (Lipinski definition) is 1. The maximum Gasteiger partial charge on any atom is 0.124 e. The third kappa shape index (κ3) is 2.19. The van der Waals surface area contributed by atoms with Crippen molar-refractivity contribution in [1.82, 2.24) is 0 Å². The predicted octanol–water partition coefficient (Wildman–Crippen LogP) is 4.01. The van der Waals surface area contributed by atoms with Crippen LogP contribution in [-0.2, 0) is 0 Å². The molecule has 1 nitrogen and oxygen atoms in total. The highest BCUT2D eigenvalue weighted by Crippen LogP contribution is 2.31. The molecule has 1 heterocycles. The summed E-state index contributed by atoms with van der Waals surface area (Å²) >= 11 is 4.97. The van der Waals surface area contributed by atoms with Gasteiger partial charge in [-0.15, -0.1) is 11.3 Å². The van der Waals surface area contributed by atoms with Gasteiger partial charge in [-0.1, -0.05) is 22.0 Å². The smallest absolute Gasteiger partial charge is 0.124 e. The van der Waals surface area contributed by atoms with Crippen molar-refractivity contribution in [2.75, 3.05) is 0 Å². The van der Waals surface area contributed by atoms with Gasteiger partial charge in [-0.3, -0.25) is 0 Å². The first-order valence-corrected chi connectivity index (χ1v) is 6.51. The van der Waals surface area contributed by atoms with Crippen molar-refractivity contribution in [2.24, 2.45) is 5.73 Å². The molecule has 84 valence electrons. The molecule has 0 bridgehead atoms. The van der Waals surface area contributed by atoms with Crippen LogP contribution in [-0.4, -0.2) is 0 Å². The van der Waals surface area contributed by atoms with E-state index in [4.69, 9.17) is 5.73 Å². The molecule has 0 saturated carbocycles. The van der Waals surface area contributed by atoms with Crippen molar-refractivity contribution < 1.29 is 4.39 Å². The Morgan fingerprint density at radius 3 is 2.69 bits per heavy atom. The standard InChI is InChI=1S/C12H11BrFNS/c1-7-4-5-16-12(7)11(15)9-3-2-8(14)6-10(9)13/h2-6,11H,15H2,1H3. The molecule has 1 aromatic heterocycles. The van der Waals surface area contributed by atoms with Crippen LogP contribution in [0.1, 0.15) is 22.0 Å². The Kier molecular flexibility index (Phi) is 3.42. The molecular weight excluding hydrogens is 289 g/mol. The number of rotatable bonds is 2. The SMILES string of the molecule is Cc1ccsc1C(N)c1ccc(F)cc1Br. The lowest BCUT2D eigenvalue weighted by Crippen LogP contribution is -2.12. The summed E-state index contributed by atoms with van der Waals surface area (Å²) in [6.07, 6.45) is 0. The maximum absolute atomic E-state index is 13.0. The molecular formula is C12H11BrFNS. The summed E-state index contributed by atoms with van der Waals surface area (Å²) in [6.45, 7) is 2.03. The highest BCUT2D eigenvalue weighted by atomic mass is 79.9. The minimum Gasteiger partial charge on any atom is -0.320 e. The zero-order valence-electron chi connectivity index (χ0n) is 8.71. The first-order chi connectivity index (χ1) is 7.59. The molecule has 16 heavy (non-hydrogen) atoms. The maximum atomic E-state index is 13.0. The Bertz CT molecular complexity index is 509. The van der Waals surface area contributed by atoms with E-state index in [0.29, 0.717) is 4.47 Å². The monoisotopic (exact) mass is 299 g/mol. The molecule has 0 radical (unpaired) electrons. The van der Waals surface area contributed by atoms with Gasteiger partial charge in [-0.25, -0.2) is 4.39 Å². The van der Waals surface area contributed by atoms with E-state index >= 15 is 0 Å². The largest absolute Gasteiger partial charge is 0.320 e. The van der Waals surface area contributed by atoms with Crippen LogP contribution in [0.5, 0.6) is 0 Å². The minimum atomic E-state index is -0.259. The second-order valence-corrected chi connectivity index (χ2v) is 5.41. The second kappa shape index (κ2) is 4.65. The van der Waals surface area contributed by atoms with Gasteiger partial charge in [0, 0.05) is 9.35 Å². The Labute approximate surface area is 106 Å². The highest BCUT2D eigenvalue weighted by molar-refractivity contribution is 9.10. The third-order valence-corrected chi connectivity index (χ3v) is 4.27. The molecule has 0 aliphatic heterocycles. The van der Waals surface area contributed by atoms with Crippen molar-refractivity contribution >= 4 is 27.3 Å². The van der Waals surface area contributed by atoms with Gasteiger partial charge in [0.15, 0.2) is 0 Å². The zero-order chi connectivity index (χ0) is 11.7. The first kappa shape index (κ1) is 11.8. The number of thiophene rings is 1.